The molecule has 0 saturated heterocycles. The van der Waals surface area contributed by atoms with Crippen molar-refractivity contribution in [1.82, 2.24) is 9.97 Å². The van der Waals surface area contributed by atoms with Gasteiger partial charge in [0.1, 0.15) is 16.9 Å². The number of halogens is 3. The second-order valence-corrected chi connectivity index (χ2v) is 9.23. The normalized spacial score (nSPS) is 11.9. The highest BCUT2D eigenvalue weighted by Gasteiger charge is 2.30. The first kappa shape index (κ1) is 22.3. The predicted molar refractivity (Wildman–Crippen MR) is 117 cm³/mol. The highest BCUT2D eigenvalue weighted by Crippen LogP contribution is 2.37. The first-order valence-electron chi connectivity index (χ1n) is 9.49. The summed E-state index contributed by atoms with van der Waals surface area (Å²) >= 11 is 2.94. The highest BCUT2D eigenvalue weighted by molar-refractivity contribution is 7.98. The van der Waals surface area contributed by atoms with Gasteiger partial charge in [-0.25, -0.2) is 9.97 Å². The third-order valence-electron chi connectivity index (χ3n) is 4.77. The maximum atomic E-state index is 12.8. The quantitative estimate of drug-likeness (QED) is 0.319. The van der Waals surface area contributed by atoms with E-state index < -0.39 is 17.7 Å². The maximum absolute atomic E-state index is 12.8. The molecule has 0 unspecified atom stereocenters. The fourth-order valence-corrected chi connectivity index (χ4v) is 5.31. The molecule has 2 aromatic carbocycles. The molecule has 0 atom stereocenters. The van der Waals surface area contributed by atoms with Crippen molar-refractivity contribution in [1.29, 1.82) is 0 Å². The van der Waals surface area contributed by atoms with Gasteiger partial charge in [-0.2, -0.15) is 13.2 Å². The van der Waals surface area contributed by atoms with Crippen LogP contribution in [0.15, 0.2) is 45.7 Å². The van der Waals surface area contributed by atoms with E-state index in [-0.39, 0.29) is 12.3 Å². The summed E-state index contributed by atoms with van der Waals surface area (Å²) in [7, 11) is 0. The minimum atomic E-state index is -4.37. The van der Waals surface area contributed by atoms with Crippen LogP contribution in [0.25, 0.3) is 21.7 Å². The minimum absolute atomic E-state index is 0.155. The topological polar surface area (TPSA) is 76.2 Å². The Labute approximate surface area is 189 Å². The van der Waals surface area contributed by atoms with Crippen molar-refractivity contribution in [3.05, 3.63) is 64.0 Å². The Morgan fingerprint density at radius 3 is 2.50 bits per heavy atom. The number of alkyl halides is 3. The lowest BCUT2D eigenvalue weighted by molar-refractivity contribution is -0.138. The lowest BCUT2D eigenvalue weighted by atomic mass is 10.1. The summed E-state index contributed by atoms with van der Waals surface area (Å²) in [6.45, 7) is 3.75. The molecule has 2 heterocycles. The molecule has 0 aliphatic carbocycles. The van der Waals surface area contributed by atoms with Crippen molar-refractivity contribution in [2.24, 2.45) is 0 Å². The number of aliphatic carboxylic acids is 1. The molecule has 0 amide bonds. The number of hydrogen-bond donors (Lipinski definition) is 1. The highest BCUT2D eigenvalue weighted by atomic mass is 32.2. The Balaban J connectivity index is 1.55. The van der Waals surface area contributed by atoms with Gasteiger partial charge in [-0.15, -0.1) is 23.1 Å². The summed E-state index contributed by atoms with van der Waals surface area (Å²) in [6, 6.07) is 8.79. The first-order valence-corrected chi connectivity index (χ1v) is 11.3. The molecule has 4 rings (SSSR count). The van der Waals surface area contributed by atoms with Gasteiger partial charge in [-0.05, 0) is 37.6 Å². The van der Waals surface area contributed by atoms with Crippen LogP contribution in [0, 0.1) is 13.8 Å². The Hall–Kier alpha value is -2.85. The Morgan fingerprint density at radius 1 is 1.12 bits per heavy atom. The van der Waals surface area contributed by atoms with Gasteiger partial charge in [0.2, 0.25) is 5.89 Å². The molecule has 166 valence electrons. The number of oxazole rings is 1. The van der Waals surface area contributed by atoms with E-state index in [1.807, 2.05) is 26.0 Å². The summed E-state index contributed by atoms with van der Waals surface area (Å²) in [4.78, 5) is 21.6. The number of rotatable bonds is 6. The monoisotopic (exact) mass is 478 g/mol. The van der Waals surface area contributed by atoms with Gasteiger partial charge in [-0.1, -0.05) is 18.2 Å². The molecular weight excluding hydrogens is 461 g/mol. The van der Waals surface area contributed by atoms with Gasteiger partial charge >= 0.3 is 12.1 Å². The molecule has 0 saturated carbocycles. The molecule has 0 radical (unpaired) electrons. The van der Waals surface area contributed by atoms with Crippen LogP contribution >= 0.6 is 23.1 Å². The molecule has 32 heavy (non-hydrogen) atoms. The summed E-state index contributed by atoms with van der Waals surface area (Å²) < 4.78 is 44.1. The van der Waals surface area contributed by atoms with Crippen molar-refractivity contribution < 1.29 is 27.5 Å². The number of benzene rings is 2. The fraction of sp³-hybridized carbons (Fsp3) is 0.227. The summed E-state index contributed by atoms with van der Waals surface area (Å²) in [5.41, 5.74) is 2.83. The molecule has 0 aliphatic heterocycles. The third kappa shape index (κ3) is 4.66. The van der Waals surface area contributed by atoms with E-state index in [0.717, 1.165) is 33.2 Å². The molecule has 10 heteroatoms. The zero-order valence-corrected chi connectivity index (χ0v) is 18.6. The van der Waals surface area contributed by atoms with Crippen LogP contribution in [-0.2, 0) is 23.1 Å². The van der Waals surface area contributed by atoms with Crippen molar-refractivity contribution in [3.63, 3.8) is 0 Å². The van der Waals surface area contributed by atoms with E-state index >= 15 is 0 Å². The lowest BCUT2D eigenvalue weighted by Gasteiger charge is -2.06. The van der Waals surface area contributed by atoms with Crippen LogP contribution in [0.3, 0.4) is 0 Å². The number of aromatic nitrogens is 2. The number of carboxylic acids is 1. The minimum Gasteiger partial charge on any atom is -0.481 e. The maximum Gasteiger partial charge on any atom is 0.416 e. The van der Waals surface area contributed by atoms with Crippen molar-refractivity contribution >= 4 is 40.2 Å². The first-order chi connectivity index (χ1) is 15.1. The molecule has 5 nitrogen and oxygen atoms in total. The second-order valence-electron chi connectivity index (χ2n) is 7.13. The average Bonchev–Trinajstić information content (AvgIpc) is 3.31. The number of carbonyl (C=O) groups is 1. The summed E-state index contributed by atoms with van der Waals surface area (Å²) in [5.74, 6) is -0.279. The molecule has 1 N–H and O–H groups in total. The summed E-state index contributed by atoms with van der Waals surface area (Å²) in [5, 5.41) is 9.65. The average molecular weight is 479 g/mol. The van der Waals surface area contributed by atoms with E-state index in [1.165, 1.54) is 35.2 Å². The lowest BCUT2D eigenvalue weighted by Crippen LogP contribution is -2.03. The third-order valence-corrected chi connectivity index (χ3v) is 7.22. The van der Waals surface area contributed by atoms with Gasteiger partial charge in [-0.3, -0.25) is 4.79 Å². The largest absolute Gasteiger partial charge is 0.481 e. The van der Waals surface area contributed by atoms with Crippen molar-refractivity contribution in [3.8, 4) is 10.6 Å². The fourth-order valence-electron chi connectivity index (χ4n) is 3.10. The molecule has 0 fully saturated rings. The van der Waals surface area contributed by atoms with Crippen molar-refractivity contribution in [2.75, 3.05) is 0 Å². The van der Waals surface area contributed by atoms with Gasteiger partial charge in [0.05, 0.1) is 16.2 Å². The smallest absolute Gasteiger partial charge is 0.416 e. The number of aryl methyl sites for hydroxylation is 2. The number of carboxylic acid groups (broad SMARTS) is 1. The Bertz CT molecular complexity index is 1290. The molecule has 0 aliphatic rings. The van der Waals surface area contributed by atoms with E-state index in [2.05, 4.69) is 9.97 Å². The van der Waals surface area contributed by atoms with Gasteiger partial charge in [0.15, 0.2) is 5.58 Å². The zero-order chi connectivity index (χ0) is 23.0. The molecule has 0 spiro atoms. The van der Waals surface area contributed by atoms with E-state index in [4.69, 9.17) is 9.52 Å². The molecule has 0 bridgehead atoms. The molecule has 4 aromatic rings. The van der Waals surface area contributed by atoms with Crippen LogP contribution in [0.2, 0.25) is 0 Å². The predicted octanol–water partition coefficient (Wildman–Crippen LogP) is 6.51. The number of fused-ring (bicyclic) bond motifs is 1. The standard InChI is InChI=1S/C22H17F3N2O3S2/c1-11-3-8-15(20-19(11)27-17(30-20)9-18(28)29)31-10-16-12(2)26-21(32-16)13-4-6-14(7-5-13)22(23,24)25/h3-8H,9-10H2,1-2H3,(H,28,29). The van der Waals surface area contributed by atoms with Crippen molar-refractivity contribution in [2.45, 2.75) is 37.1 Å². The summed E-state index contributed by atoms with van der Waals surface area (Å²) in [6.07, 6.45) is -4.66. The molecular formula is C22H17F3N2O3S2. The van der Waals surface area contributed by atoms with Crippen LogP contribution in [-0.4, -0.2) is 21.0 Å². The zero-order valence-electron chi connectivity index (χ0n) is 17.0. The van der Waals surface area contributed by atoms with E-state index in [9.17, 15) is 18.0 Å². The Morgan fingerprint density at radius 2 is 1.84 bits per heavy atom. The SMILES string of the molecule is Cc1nc(-c2ccc(C(F)(F)F)cc2)sc1CSc1ccc(C)c2nc(CC(=O)O)oc12. The molecule has 2 aromatic heterocycles. The number of hydrogen-bond acceptors (Lipinski definition) is 6. The van der Waals surface area contributed by atoms with Crippen LogP contribution in [0.1, 0.15) is 27.6 Å². The second kappa shape index (κ2) is 8.59. The number of nitrogens with zero attached hydrogens (tertiary/aromatic N) is 2. The van der Waals surface area contributed by atoms with Gasteiger partial charge in [0, 0.05) is 16.2 Å². The van der Waals surface area contributed by atoms with Crippen LogP contribution in [0.4, 0.5) is 13.2 Å². The van der Waals surface area contributed by atoms with Gasteiger partial charge in [0.25, 0.3) is 0 Å². The van der Waals surface area contributed by atoms with Crippen LogP contribution < -0.4 is 0 Å². The number of thiazole rings is 1. The van der Waals surface area contributed by atoms with E-state index in [0.29, 0.717) is 27.4 Å². The Kier molecular flexibility index (Phi) is 6.00. The van der Waals surface area contributed by atoms with E-state index in [1.54, 1.807) is 0 Å². The number of thioether (sulfide) groups is 1. The van der Waals surface area contributed by atoms with Gasteiger partial charge < -0.3 is 9.52 Å². The van der Waals surface area contributed by atoms with Crippen LogP contribution in [0.5, 0.6) is 0 Å².